The third-order valence-electron chi connectivity index (χ3n) is 4.27. The summed E-state index contributed by atoms with van der Waals surface area (Å²) in [5.74, 6) is 0. The number of nitrogens with one attached hydrogen (secondary N) is 2. The molecule has 0 aromatic heterocycles. The van der Waals surface area contributed by atoms with Gasteiger partial charge in [0.1, 0.15) is 0 Å². The first-order valence-electron chi connectivity index (χ1n) is 8.55. The van der Waals surface area contributed by atoms with Gasteiger partial charge in [0.05, 0.1) is 5.71 Å². The summed E-state index contributed by atoms with van der Waals surface area (Å²) in [6, 6.07) is 18.9. The minimum Gasteiger partial charge on any atom is -0.361 e. The van der Waals surface area contributed by atoms with Gasteiger partial charge >= 0.3 is 0 Å². The zero-order chi connectivity index (χ0) is 16.6. The molecule has 0 spiro atoms. The molecule has 4 heteroatoms. The first-order chi connectivity index (χ1) is 11.8. The van der Waals surface area contributed by atoms with Crippen LogP contribution in [0.4, 0.5) is 0 Å². The lowest BCUT2D eigenvalue weighted by molar-refractivity contribution is 0.773. The smallest absolute Gasteiger partial charge is 0.186 e. The van der Waals surface area contributed by atoms with Crippen LogP contribution in [0.15, 0.2) is 59.7 Å². The molecule has 0 unspecified atom stereocenters. The number of thiocarbonyl (C=S) groups is 1. The molecular formula is C20H23N3S. The maximum absolute atomic E-state index is 5.34. The Morgan fingerprint density at radius 1 is 0.958 bits per heavy atom. The van der Waals surface area contributed by atoms with Crippen LogP contribution in [-0.4, -0.2) is 17.4 Å². The Balaban J connectivity index is 1.54. The normalized spacial score (nSPS) is 15.4. The van der Waals surface area contributed by atoms with E-state index in [2.05, 4.69) is 64.4 Å². The lowest BCUT2D eigenvalue weighted by atomic mass is 10.0. The summed E-state index contributed by atoms with van der Waals surface area (Å²) in [6.45, 7) is 0.803. The second-order valence-electron chi connectivity index (χ2n) is 6.03. The summed E-state index contributed by atoms with van der Waals surface area (Å²) in [5, 5.41) is 8.38. The first-order valence-corrected chi connectivity index (χ1v) is 8.96. The van der Waals surface area contributed by atoms with E-state index in [1.54, 1.807) is 0 Å². The highest BCUT2D eigenvalue weighted by Gasteiger charge is 2.13. The third kappa shape index (κ3) is 4.65. The maximum Gasteiger partial charge on any atom is 0.186 e. The van der Waals surface area contributed by atoms with Crippen molar-refractivity contribution in [1.29, 1.82) is 0 Å². The van der Waals surface area contributed by atoms with Gasteiger partial charge in [-0.3, -0.25) is 5.43 Å². The van der Waals surface area contributed by atoms with Crippen LogP contribution in [0.2, 0.25) is 0 Å². The fourth-order valence-electron chi connectivity index (χ4n) is 3.00. The van der Waals surface area contributed by atoms with E-state index in [0.717, 1.165) is 31.5 Å². The maximum atomic E-state index is 5.34. The number of fused-ring (bicyclic) bond motifs is 1. The number of hydrogen-bond donors (Lipinski definition) is 2. The molecule has 0 saturated carbocycles. The summed E-state index contributed by atoms with van der Waals surface area (Å²) in [5.41, 5.74) is 8.07. The molecule has 2 N–H and O–H groups in total. The van der Waals surface area contributed by atoms with Gasteiger partial charge in [0.15, 0.2) is 5.11 Å². The van der Waals surface area contributed by atoms with E-state index in [4.69, 9.17) is 12.2 Å². The number of hydrogen-bond acceptors (Lipinski definition) is 2. The quantitative estimate of drug-likeness (QED) is 0.506. The first kappa shape index (κ1) is 16.7. The van der Waals surface area contributed by atoms with Crippen molar-refractivity contribution in [3.8, 4) is 0 Å². The van der Waals surface area contributed by atoms with Crippen molar-refractivity contribution < 1.29 is 0 Å². The van der Waals surface area contributed by atoms with Gasteiger partial charge in [-0.25, -0.2) is 0 Å². The van der Waals surface area contributed by atoms with E-state index >= 15 is 0 Å². The molecule has 1 aliphatic rings. The van der Waals surface area contributed by atoms with Gasteiger partial charge in [-0.05, 0) is 55.4 Å². The second kappa shape index (κ2) is 8.60. The Labute approximate surface area is 149 Å². The number of rotatable bonds is 4. The Morgan fingerprint density at radius 3 is 2.58 bits per heavy atom. The Kier molecular flexibility index (Phi) is 5.96. The highest BCUT2D eigenvalue weighted by atomic mass is 32.1. The van der Waals surface area contributed by atoms with Gasteiger partial charge in [0.25, 0.3) is 0 Å². The molecule has 0 fully saturated rings. The molecule has 0 radical (unpaired) electrons. The van der Waals surface area contributed by atoms with Crippen LogP contribution < -0.4 is 10.7 Å². The topological polar surface area (TPSA) is 36.4 Å². The van der Waals surface area contributed by atoms with Crippen molar-refractivity contribution in [2.24, 2.45) is 5.10 Å². The second-order valence-corrected chi connectivity index (χ2v) is 6.43. The summed E-state index contributed by atoms with van der Waals surface area (Å²) in [6.07, 6.45) is 5.47. The SMILES string of the molecule is S=C(NCCc1ccccc1)N/N=C1/CCCCc2ccccc21. The van der Waals surface area contributed by atoms with Crippen LogP contribution in [-0.2, 0) is 12.8 Å². The molecular weight excluding hydrogens is 314 g/mol. The largest absolute Gasteiger partial charge is 0.361 e. The summed E-state index contributed by atoms with van der Waals surface area (Å²) in [7, 11) is 0. The zero-order valence-electron chi connectivity index (χ0n) is 13.8. The monoisotopic (exact) mass is 337 g/mol. The van der Waals surface area contributed by atoms with E-state index in [1.807, 2.05) is 6.07 Å². The molecule has 0 heterocycles. The molecule has 0 aliphatic heterocycles. The van der Waals surface area contributed by atoms with Crippen molar-refractivity contribution in [2.45, 2.75) is 32.1 Å². The van der Waals surface area contributed by atoms with Crippen molar-refractivity contribution in [3.05, 3.63) is 71.3 Å². The van der Waals surface area contributed by atoms with Crippen molar-refractivity contribution in [1.82, 2.24) is 10.7 Å². The molecule has 2 aromatic carbocycles. The fourth-order valence-corrected chi connectivity index (χ4v) is 3.15. The van der Waals surface area contributed by atoms with Crippen LogP contribution in [0.1, 0.15) is 36.0 Å². The predicted molar refractivity (Wildman–Crippen MR) is 104 cm³/mol. The van der Waals surface area contributed by atoms with Crippen molar-refractivity contribution in [3.63, 3.8) is 0 Å². The lowest BCUT2D eigenvalue weighted by Gasteiger charge is -2.10. The minimum atomic E-state index is 0.583. The van der Waals surface area contributed by atoms with E-state index in [1.165, 1.54) is 29.5 Å². The van der Waals surface area contributed by atoms with Crippen molar-refractivity contribution in [2.75, 3.05) is 6.54 Å². The highest BCUT2D eigenvalue weighted by Crippen LogP contribution is 2.20. The Hall–Kier alpha value is -2.20. The fraction of sp³-hybridized carbons (Fsp3) is 0.300. The molecule has 1 aliphatic carbocycles. The average molecular weight is 337 g/mol. The van der Waals surface area contributed by atoms with Crippen LogP contribution in [0.5, 0.6) is 0 Å². The summed E-state index contributed by atoms with van der Waals surface area (Å²) in [4.78, 5) is 0. The Morgan fingerprint density at radius 2 is 1.71 bits per heavy atom. The molecule has 3 nitrogen and oxygen atoms in total. The van der Waals surface area contributed by atoms with Crippen LogP contribution in [0.25, 0.3) is 0 Å². The Bertz CT molecular complexity index is 710. The molecule has 0 amide bonds. The minimum absolute atomic E-state index is 0.583. The third-order valence-corrected chi connectivity index (χ3v) is 4.51. The van der Waals surface area contributed by atoms with Gasteiger partial charge in [0.2, 0.25) is 0 Å². The van der Waals surface area contributed by atoms with Crippen molar-refractivity contribution >= 4 is 23.0 Å². The van der Waals surface area contributed by atoms with E-state index in [9.17, 15) is 0 Å². The van der Waals surface area contributed by atoms with Crippen LogP contribution >= 0.6 is 12.2 Å². The predicted octanol–water partition coefficient (Wildman–Crippen LogP) is 3.82. The van der Waals surface area contributed by atoms with Crippen LogP contribution in [0.3, 0.4) is 0 Å². The number of aryl methyl sites for hydroxylation is 1. The van der Waals surface area contributed by atoms with Crippen LogP contribution in [0, 0.1) is 0 Å². The van der Waals surface area contributed by atoms with Gasteiger partial charge in [-0.15, -0.1) is 0 Å². The average Bonchev–Trinajstić information content (AvgIpc) is 2.83. The van der Waals surface area contributed by atoms with Gasteiger partial charge < -0.3 is 5.32 Å². The highest BCUT2D eigenvalue weighted by molar-refractivity contribution is 7.80. The standard InChI is InChI=1S/C20H23N3S/c24-20(21-15-14-16-8-2-1-3-9-16)23-22-19-13-7-5-11-17-10-4-6-12-18(17)19/h1-4,6,8-10,12H,5,7,11,13-15H2,(H2,21,23,24)/b22-19-. The molecule has 0 atom stereocenters. The van der Waals surface area contributed by atoms with E-state index < -0.39 is 0 Å². The van der Waals surface area contributed by atoms with Gasteiger partial charge in [0, 0.05) is 12.1 Å². The number of hydrazone groups is 1. The molecule has 24 heavy (non-hydrogen) atoms. The molecule has 2 aromatic rings. The van der Waals surface area contributed by atoms with E-state index in [-0.39, 0.29) is 0 Å². The number of benzene rings is 2. The molecule has 0 bridgehead atoms. The lowest BCUT2D eigenvalue weighted by Crippen LogP contribution is -2.34. The summed E-state index contributed by atoms with van der Waals surface area (Å²) < 4.78 is 0. The molecule has 0 saturated heterocycles. The van der Waals surface area contributed by atoms with E-state index in [0.29, 0.717) is 5.11 Å². The van der Waals surface area contributed by atoms with Gasteiger partial charge in [-0.2, -0.15) is 5.10 Å². The molecule has 3 rings (SSSR count). The zero-order valence-corrected chi connectivity index (χ0v) is 14.6. The summed E-state index contributed by atoms with van der Waals surface area (Å²) >= 11 is 5.34. The van der Waals surface area contributed by atoms with Gasteiger partial charge in [-0.1, -0.05) is 54.6 Å². The molecule has 124 valence electrons. The number of nitrogens with zero attached hydrogens (tertiary/aromatic N) is 1.